The van der Waals surface area contributed by atoms with Crippen LogP contribution in [0.4, 0.5) is 0 Å². The van der Waals surface area contributed by atoms with Gasteiger partial charge < -0.3 is 22.7 Å². The molecular weight excluding hydrogens is 260 g/mol. The van der Waals surface area contributed by atoms with E-state index in [9.17, 15) is 0 Å². The van der Waals surface area contributed by atoms with Gasteiger partial charge in [0.15, 0.2) is 5.76 Å². The van der Waals surface area contributed by atoms with E-state index in [1.807, 2.05) is 24.3 Å². The number of rotatable bonds is 7. The highest BCUT2D eigenvalue weighted by Crippen LogP contribution is 2.23. The van der Waals surface area contributed by atoms with Crippen molar-refractivity contribution in [1.82, 2.24) is 0 Å². The summed E-state index contributed by atoms with van der Waals surface area (Å²) in [5.41, 5.74) is 0. The molecule has 3 aromatic heterocycles. The Hall–Kier alpha value is -2.24. The van der Waals surface area contributed by atoms with Crippen LogP contribution in [0, 0.1) is 0 Å². The van der Waals surface area contributed by atoms with Crippen LogP contribution in [-0.2, 0) is 22.7 Å². The smallest absolute Gasteiger partial charge is 0.218 e. The zero-order valence-corrected chi connectivity index (χ0v) is 10.7. The zero-order valence-electron chi connectivity index (χ0n) is 10.7. The van der Waals surface area contributed by atoms with Gasteiger partial charge >= 0.3 is 0 Å². The van der Waals surface area contributed by atoms with Crippen LogP contribution in [-0.4, -0.2) is 0 Å². The lowest BCUT2D eigenvalue weighted by molar-refractivity contribution is -0.176. The van der Waals surface area contributed by atoms with Crippen molar-refractivity contribution in [3.05, 3.63) is 72.5 Å². The maximum absolute atomic E-state index is 5.68. The predicted octanol–water partition coefficient (Wildman–Crippen LogP) is 3.90. The lowest BCUT2D eigenvalue weighted by Crippen LogP contribution is -2.08. The summed E-state index contributed by atoms with van der Waals surface area (Å²) >= 11 is 0. The molecule has 0 bridgehead atoms. The van der Waals surface area contributed by atoms with Crippen molar-refractivity contribution in [3.63, 3.8) is 0 Å². The Morgan fingerprint density at radius 1 is 0.750 bits per heavy atom. The summed E-state index contributed by atoms with van der Waals surface area (Å²) in [5.74, 6) is 2.05. The summed E-state index contributed by atoms with van der Waals surface area (Å²) in [6, 6.07) is 10.9. The zero-order chi connectivity index (χ0) is 13.6. The first-order valence-corrected chi connectivity index (χ1v) is 6.23. The molecule has 0 saturated carbocycles. The van der Waals surface area contributed by atoms with Gasteiger partial charge in [0.25, 0.3) is 0 Å². The van der Waals surface area contributed by atoms with Crippen molar-refractivity contribution in [2.75, 3.05) is 0 Å². The molecule has 0 aromatic carbocycles. The third kappa shape index (κ3) is 3.20. The van der Waals surface area contributed by atoms with Crippen LogP contribution in [0.15, 0.2) is 68.4 Å². The molecule has 3 rings (SSSR count). The molecule has 0 unspecified atom stereocenters. The summed E-state index contributed by atoms with van der Waals surface area (Å²) < 4.78 is 27.1. The normalized spacial score (nSPS) is 11.2. The molecule has 5 heteroatoms. The fraction of sp³-hybridized carbons (Fsp3) is 0.200. The van der Waals surface area contributed by atoms with Crippen molar-refractivity contribution in [2.45, 2.75) is 19.5 Å². The first kappa shape index (κ1) is 12.8. The van der Waals surface area contributed by atoms with E-state index >= 15 is 0 Å². The second kappa shape index (κ2) is 6.27. The molecule has 0 saturated heterocycles. The molecule has 0 amide bonds. The Balaban J connectivity index is 1.61. The van der Waals surface area contributed by atoms with E-state index in [0.717, 1.165) is 11.5 Å². The molecule has 3 heterocycles. The van der Waals surface area contributed by atoms with Crippen molar-refractivity contribution >= 4 is 0 Å². The molecule has 0 atom stereocenters. The fourth-order valence-corrected chi connectivity index (χ4v) is 1.74. The van der Waals surface area contributed by atoms with Crippen LogP contribution in [0.1, 0.15) is 23.6 Å². The van der Waals surface area contributed by atoms with Crippen LogP contribution in [0.2, 0.25) is 0 Å². The van der Waals surface area contributed by atoms with Crippen LogP contribution in [0.25, 0.3) is 0 Å². The van der Waals surface area contributed by atoms with Crippen molar-refractivity contribution in [1.29, 1.82) is 0 Å². The van der Waals surface area contributed by atoms with Gasteiger partial charge in [0.1, 0.15) is 24.7 Å². The number of furan rings is 3. The first-order valence-electron chi connectivity index (χ1n) is 6.23. The summed E-state index contributed by atoms with van der Waals surface area (Å²) in [7, 11) is 0. The van der Waals surface area contributed by atoms with Gasteiger partial charge in [0.05, 0.1) is 18.8 Å². The van der Waals surface area contributed by atoms with E-state index < -0.39 is 6.29 Å². The van der Waals surface area contributed by atoms with Gasteiger partial charge in [-0.15, -0.1) is 0 Å². The molecule has 3 aromatic rings. The molecule has 0 aliphatic rings. The molecule has 5 nitrogen and oxygen atoms in total. The highest BCUT2D eigenvalue weighted by atomic mass is 16.7. The van der Waals surface area contributed by atoms with Gasteiger partial charge in [-0.05, 0) is 36.4 Å². The van der Waals surface area contributed by atoms with Gasteiger partial charge in [-0.2, -0.15) is 0 Å². The highest BCUT2D eigenvalue weighted by molar-refractivity contribution is 5.02. The monoisotopic (exact) mass is 274 g/mol. The Morgan fingerprint density at radius 2 is 1.30 bits per heavy atom. The molecule has 0 N–H and O–H groups in total. The van der Waals surface area contributed by atoms with E-state index in [2.05, 4.69) is 0 Å². The van der Waals surface area contributed by atoms with Crippen LogP contribution in [0.5, 0.6) is 0 Å². The third-order valence-corrected chi connectivity index (χ3v) is 2.69. The Bertz CT molecular complexity index is 542. The van der Waals surface area contributed by atoms with Crippen molar-refractivity contribution in [3.8, 4) is 0 Å². The molecule has 0 spiro atoms. The van der Waals surface area contributed by atoms with Crippen LogP contribution < -0.4 is 0 Å². The summed E-state index contributed by atoms with van der Waals surface area (Å²) in [4.78, 5) is 0. The maximum Gasteiger partial charge on any atom is 0.218 e. The number of hydrogen-bond acceptors (Lipinski definition) is 5. The van der Waals surface area contributed by atoms with E-state index in [1.165, 1.54) is 0 Å². The quantitative estimate of drug-likeness (QED) is 0.611. The number of hydrogen-bond donors (Lipinski definition) is 0. The molecule has 0 aliphatic carbocycles. The van der Waals surface area contributed by atoms with E-state index in [1.54, 1.807) is 30.9 Å². The minimum Gasteiger partial charge on any atom is -0.467 e. The third-order valence-electron chi connectivity index (χ3n) is 2.69. The molecular formula is C15H14O5. The maximum atomic E-state index is 5.68. The molecule has 0 radical (unpaired) electrons. The second-order valence-electron chi connectivity index (χ2n) is 4.13. The lowest BCUT2D eigenvalue weighted by atomic mass is 10.4. The summed E-state index contributed by atoms with van der Waals surface area (Å²) in [5, 5.41) is 0. The number of ether oxygens (including phenoxy) is 2. The predicted molar refractivity (Wildman–Crippen MR) is 68.4 cm³/mol. The Morgan fingerprint density at radius 3 is 1.75 bits per heavy atom. The van der Waals surface area contributed by atoms with Gasteiger partial charge in [-0.1, -0.05) is 0 Å². The van der Waals surface area contributed by atoms with E-state index in [-0.39, 0.29) is 0 Å². The SMILES string of the molecule is c1coc(COC(OCc2ccco2)c2ccco2)c1. The average Bonchev–Trinajstić information content (AvgIpc) is 3.22. The fourth-order valence-electron chi connectivity index (χ4n) is 1.74. The Labute approximate surface area is 115 Å². The van der Waals surface area contributed by atoms with Gasteiger partial charge in [0.2, 0.25) is 6.29 Å². The van der Waals surface area contributed by atoms with E-state index in [4.69, 9.17) is 22.7 Å². The Kier molecular flexibility index (Phi) is 4.01. The first-order chi connectivity index (χ1) is 9.92. The minimum atomic E-state index is -0.611. The standard InChI is InChI=1S/C15H14O5/c1-4-12(16-7-1)10-19-15(14-6-3-9-18-14)20-11-13-5-2-8-17-13/h1-9,15H,10-11H2. The minimum absolute atomic E-state index is 0.302. The summed E-state index contributed by atoms with van der Waals surface area (Å²) in [6.07, 6.45) is 4.17. The second-order valence-corrected chi connectivity index (χ2v) is 4.13. The van der Waals surface area contributed by atoms with Crippen molar-refractivity contribution in [2.24, 2.45) is 0 Å². The largest absolute Gasteiger partial charge is 0.467 e. The molecule has 104 valence electrons. The molecule has 0 aliphatic heterocycles. The average molecular weight is 274 g/mol. The summed E-state index contributed by atoms with van der Waals surface area (Å²) in [6.45, 7) is 0.604. The topological polar surface area (TPSA) is 57.9 Å². The lowest BCUT2D eigenvalue weighted by Gasteiger charge is -2.15. The van der Waals surface area contributed by atoms with Gasteiger partial charge in [-0.25, -0.2) is 0 Å². The van der Waals surface area contributed by atoms with Crippen molar-refractivity contribution < 1.29 is 22.7 Å². The van der Waals surface area contributed by atoms with Gasteiger partial charge in [-0.3, -0.25) is 0 Å². The van der Waals surface area contributed by atoms with E-state index in [0.29, 0.717) is 19.0 Å². The van der Waals surface area contributed by atoms with Crippen LogP contribution in [0.3, 0.4) is 0 Å². The van der Waals surface area contributed by atoms with Crippen LogP contribution >= 0.6 is 0 Å². The molecule has 0 fully saturated rings. The molecule has 20 heavy (non-hydrogen) atoms. The van der Waals surface area contributed by atoms with Gasteiger partial charge in [0, 0.05) is 0 Å². The highest BCUT2D eigenvalue weighted by Gasteiger charge is 2.17.